The predicted molar refractivity (Wildman–Crippen MR) is 73.1 cm³/mol. The summed E-state index contributed by atoms with van der Waals surface area (Å²) in [6.07, 6.45) is 0. The van der Waals surface area contributed by atoms with Crippen LogP contribution in [0.2, 0.25) is 5.02 Å². The Balaban J connectivity index is 2.08. The van der Waals surface area contributed by atoms with E-state index in [1.54, 1.807) is 19.2 Å². The molecule has 0 radical (unpaired) electrons. The van der Waals surface area contributed by atoms with Gasteiger partial charge in [0.1, 0.15) is 23.9 Å². The Kier molecular flexibility index (Phi) is 4.12. The topological polar surface area (TPSA) is 44.5 Å². The van der Waals surface area contributed by atoms with E-state index in [0.717, 1.165) is 5.56 Å². The van der Waals surface area contributed by atoms with Crippen molar-refractivity contribution in [1.29, 1.82) is 0 Å². The molecule has 2 N–H and O–H groups in total. The van der Waals surface area contributed by atoms with Crippen LogP contribution in [0.15, 0.2) is 36.4 Å². The number of rotatable bonds is 4. The van der Waals surface area contributed by atoms with Crippen molar-refractivity contribution in [3.8, 4) is 11.5 Å². The van der Waals surface area contributed by atoms with Crippen molar-refractivity contribution in [3.05, 3.63) is 52.8 Å². The molecule has 0 heterocycles. The molecular formula is C14H13ClFNO2. The molecule has 0 saturated carbocycles. The van der Waals surface area contributed by atoms with Crippen molar-refractivity contribution in [1.82, 2.24) is 0 Å². The van der Waals surface area contributed by atoms with E-state index in [9.17, 15) is 4.39 Å². The first-order valence-corrected chi connectivity index (χ1v) is 5.98. The van der Waals surface area contributed by atoms with Crippen molar-refractivity contribution < 1.29 is 13.9 Å². The molecule has 0 aliphatic carbocycles. The SMILES string of the molecule is COc1ccc(COc2ccc(F)cc2Cl)cc1N. The standard InChI is InChI=1S/C14H13ClFNO2/c1-18-14-4-2-9(6-12(14)17)8-19-13-5-3-10(16)7-11(13)15/h2-7H,8,17H2,1H3. The van der Waals surface area contributed by atoms with Gasteiger partial charge in [0.2, 0.25) is 0 Å². The molecule has 100 valence electrons. The minimum Gasteiger partial charge on any atom is -0.495 e. The Morgan fingerprint density at radius 2 is 1.89 bits per heavy atom. The summed E-state index contributed by atoms with van der Waals surface area (Å²) in [5.74, 6) is 0.645. The van der Waals surface area contributed by atoms with Crippen molar-refractivity contribution >= 4 is 17.3 Å². The Bertz CT molecular complexity index is 590. The van der Waals surface area contributed by atoms with Crippen LogP contribution in [0.5, 0.6) is 11.5 Å². The van der Waals surface area contributed by atoms with Gasteiger partial charge >= 0.3 is 0 Å². The van der Waals surface area contributed by atoms with Crippen LogP contribution in [0.1, 0.15) is 5.56 Å². The number of methoxy groups -OCH3 is 1. The molecule has 0 aliphatic heterocycles. The lowest BCUT2D eigenvalue weighted by Crippen LogP contribution is -1.99. The van der Waals surface area contributed by atoms with Gasteiger partial charge in [0.25, 0.3) is 0 Å². The smallest absolute Gasteiger partial charge is 0.141 e. The molecule has 19 heavy (non-hydrogen) atoms. The summed E-state index contributed by atoms with van der Waals surface area (Å²) in [4.78, 5) is 0. The lowest BCUT2D eigenvalue weighted by atomic mass is 10.2. The van der Waals surface area contributed by atoms with Crippen molar-refractivity contribution in [3.63, 3.8) is 0 Å². The van der Waals surface area contributed by atoms with Crippen LogP contribution in [0.3, 0.4) is 0 Å². The number of nitrogens with two attached hydrogens (primary N) is 1. The maximum atomic E-state index is 12.9. The number of benzene rings is 2. The van der Waals surface area contributed by atoms with E-state index in [1.165, 1.54) is 18.2 Å². The van der Waals surface area contributed by atoms with E-state index >= 15 is 0 Å². The molecule has 0 fully saturated rings. The third-order valence-electron chi connectivity index (χ3n) is 2.58. The molecule has 0 aliphatic rings. The van der Waals surface area contributed by atoms with Crippen LogP contribution in [0.4, 0.5) is 10.1 Å². The zero-order valence-corrected chi connectivity index (χ0v) is 11.1. The van der Waals surface area contributed by atoms with Gasteiger partial charge in [-0.1, -0.05) is 17.7 Å². The van der Waals surface area contributed by atoms with Gasteiger partial charge in [-0.05, 0) is 35.9 Å². The minimum atomic E-state index is -0.397. The largest absolute Gasteiger partial charge is 0.495 e. The Hall–Kier alpha value is -1.94. The van der Waals surface area contributed by atoms with Gasteiger partial charge in [-0.2, -0.15) is 0 Å². The Morgan fingerprint density at radius 3 is 2.53 bits per heavy atom. The van der Waals surface area contributed by atoms with Gasteiger partial charge in [-0.25, -0.2) is 4.39 Å². The number of hydrogen-bond acceptors (Lipinski definition) is 3. The van der Waals surface area contributed by atoms with Gasteiger partial charge in [0, 0.05) is 0 Å². The average molecular weight is 282 g/mol. The molecule has 0 spiro atoms. The molecule has 0 saturated heterocycles. The molecule has 0 atom stereocenters. The van der Waals surface area contributed by atoms with Crippen LogP contribution in [0, 0.1) is 5.82 Å². The Morgan fingerprint density at radius 1 is 1.16 bits per heavy atom. The second-order valence-electron chi connectivity index (χ2n) is 3.94. The fourth-order valence-corrected chi connectivity index (χ4v) is 1.85. The van der Waals surface area contributed by atoms with E-state index in [2.05, 4.69) is 0 Å². The highest BCUT2D eigenvalue weighted by atomic mass is 35.5. The zero-order chi connectivity index (χ0) is 13.8. The summed E-state index contributed by atoms with van der Waals surface area (Å²) in [5.41, 5.74) is 7.20. The second-order valence-corrected chi connectivity index (χ2v) is 4.35. The Labute approximate surface area is 115 Å². The summed E-state index contributed by atoms with van der Waals surface area (Å²) in [5, 5.41) is 0.237. The summed E-state index contributed by atoms with van der Waals surface area (Å²) in [6.45, 7) is 0.291. The average Bonchev–Trinajstić information content (AvgIpc) is 2.38. The molecule has 0 unspecified atom stereocenters. The van der Waals surface area contributed by atoms with Crippen LogP contribution in [0.25, 0.3) is 0 Å². The van der Waals surface area contributed by atoms with Crippen molar-refractivity contribution in [2.24, 2.45) is 0 Å². The third kappa shape index (κ3) is 3.29. The second kappa shape index (κ2) is 5.80. The number of ether oxygens (including phenoxy) is 2. The zero-order valence-electron chi connectivity index (χ0n) is 10.3. The van der Waals surface area contributed by atoms with E-state index in [4.69, 9.17) is 26.8 Å². The quantitative estimate of drug-likeness (QED) is 0.870. The van der Waals surface area contributed by atoms with Gasteiger partial charge in [0.05, 0.1) is 17.8 Å². The summed E-state index contributed by atoms with van der Waals surface area (Å²) >= 11 is 5.87. The molecule has 0 bridgehead atoms. The molecule has 3 nitrogen and oxygen atoms in total. The highest BCUT2D eigenvalue weighted by Gasteiger charge is 2.05. The molecule has 2 rings (SSSR count). The van der Waals surface area contributed by atoms with E-state index < -0.39 is 5.82 Å². The van der Waals surface area contributed by atoms with Crippen LogP contribution < -0.4 is 15.2 Å². The summed E-state index contributed by atoms with van der Waals surface area (Å²) in [6, 6.07) is 9.36. The number of anilines is 1. The third-order valence-corrected chi connectivity index (χ3v) is 2.88. The maximum absolute atomic E-state index is 12.9. The van der Waals surface area contributed by atoms with Crippen molar-refractivity contribution in [2.75, 3.05) is 12.8 Å². The predicted octanol–water partition coefficient (Wildman–Crippen LogP) is 3.65. The minimum absolute atomic E-state index is 0.237. The van der Waals surface area contributed by atoms with Crippen LogP contribution in [-0.2, 0) is 6.61 Å². The number of halogens is 2. The fourth-order valence-electron chi connectivity index (χ4n) is 1.63. The highest BCUT2D eigenvalue weighted by Crippen LogP contribution is 2.27. The molecule has 0 aromatic heterocycles. The van der Waals surface area contributed by atoms with E-state index in [0.29, 0.717) is 23.8 Å². The molecule has 5 heteroatoms. The van der Waals surface area contributed by atoms with Crippen LogP contribution >= 0.6 is 11.6 Å². The lowest BCUT2D eigenvalue weighted by molar-refractivity contribution is 0.306. The van der Waals surface area contributed by atoms with E-state index in [-0.39, 0.29) is 5.02 Å². The number of nitrogen functional groups attached to an aromatic ring is 1. The first kappa shape index (κ1) is 13.5. The van der Waals surface area contributed by atoms with Gasteiger partial charge in [0.15, 0.2) is 0 Å². The van der Waals surface area contributed by atoms with E-state index in [1.807, 2.05) is 6.07 Å². The number of hydrogen-bond donors (Lipinski definition) is 1. The van der Waals surface area contributed by atoms with Crippen LogP contribution in [-0.4, -0.2) is 7.11 Å². The van der Waals surface area contributed by atoms with Gasteiger partial charge < -0.3 is 15.2 Å². The normalized spacial score (nSPS) is 10.3. The molecule has 2 aromatic carbocycles. The van der Waals surface area contributed by atoms with Gasteiger partial charge in [-0.3, -0.25) is 0 Å². The molecule has 0 amide bonds. The molecular weight excluding hydrogens is 269 g/mol. The maximum Gasteiger partial charge on any atom is 0.141 e. The van der Waals surface area contributed by atoms with Gasteiger partial charge in [-0.15, -0.1) is 0 Å². The summed E-state index contributed by atoms with van der Waals surface area (Å²) < 4.78 is 23.5. The monoisotopic (exact) mass is 281 g/mol. The lowest BCUT2D eigenvalue weighted by Gasteiger charge is -2.10. The summed E-state index contributed by atoms with van der Waals surface area (Å²) in [7, 11) is 1.56. The molecule has 2 aromatic rings. The highest BCUT2D eigenvalue weighted by molar-refractivity contribution is 6.32. The fraction of sp³-hybridized carbons (Fsp3) is 0.143. The first-order chi connectivity index (χ1) is 9.10. The van der Waals surface area contributed by atoms with Crippen molar-refractivity contribution in [2.45, 2.75) is 6.61 Å². The first-order valence-electron chi connectivity index (χ1n) is 5.60.